The summed E-state index contributed by atoms with van der Waals surface area (Å²) in [4.78, 5) is 14.5. The van der Waals surface area contributed by atoms with Gasteiger partial charge in [0.25, 0.3) is 0 Å². The maximum atomic E-state index is 12.1. The quantitative estimate of drug-likeness (QED) is 0.864. The molecule has 0 spiro atoms. The highest BCUT2D eigenvalue weighted by molar-refractivity contribution is 5.78. The molecule has 1 aliphatic rings. The highest BCUT2D eigenvalue weighted by Gasteiger charge is 2.23. The second-order valence-corrected chi connectivity index (χ2v) is 5.84. The van der Waals surface area contributed by atoms with E-state index < -0.39 is 0 Å². The van der Waals surface area contributed by atoms with Crippen LogP contribution in [0.25, 0.3) is 0 Å². The van der Waals surface area contributed by atoms with Crippen molar-refractivity contribution >= 4 is 5.91 Å². The van der Waals surface area contributed by atoms with E-state index in [9.17, 15) is 4.79 Å². The molecular formula is C17H26N2O3. The van der Waals surface area contributed by atoms with Crippen LogP contribution in [0.3, 0.4) is 0 Å². The van der Waals surface area contributed by atoms with Crippen LogP contribution < -0.4 is 10.1 Å². The molecule has 122 valence electrons. The zero-order chi connectivity index (χ0) is 15.9. The van der Waals surface area contributed by atoms with Gasteiger partial charge >= 0.3 is 0 Å². The van der Waals surface area contributed by atoms with Crippen molar-refractivity contribution < 1.29 is 14.3 Å². The van der Waals surface area contributed by atoms with Crippen LogP contribution in [0.1, 0.15) is 19.4 Å². The van der Waals surface area contributed by atoms with E-state index >= 15 is 0 Å². The van der Waals surface area contributed by atoms with Crippen LogP contribution in [-0.4, -0.2) is 56.3 Å². The third-order valence-electron chi connectivity index (χ3n) is 4.08. The number of hydrogen-bond acceptors (Lipinski definition) is 4. The molecule has 1 aliphatic heterocycles. The molecule has 1 aromatic carbocycles. The Morgan fingerprint density at radius 1 is 1.55 bits per heavy atom. The first-order chi connectivity index (χ1) is 10.6. The van der Waals surface area contributed by atoms with Gasteiger partial charge in [0, 0.05) is 25.2 Å². The summed E-state index contributed by atoms with van der Waals surface area (Å²) in [6.07, 6.45) is 0.378. The lowest BCUT2D eigenvalue weighted by Crippen LogP contribution is -2.52. The molecule has 0 radical (unpaired) electrons. The average Bonchev–Trinajstić information content (AvgIpc) is 2.53. The van der Waals surface area contributed by atoms with Gasteiger partial charge in [-0.05, 0) is 31.5 Å². The van der Waals surface area contributed by atoms with Crippen molar-refractivity contribution in [2.75, 3.05) is 33.4 Å². The van der Waals surface area contributed by atoms with Crippen molar-refractivity contribution in [1.82, 2.24) is 10.2 Å². The Morgan fingerprint density at radius 3 is 3.09 bits per heavy atom. The SMILES string of the molecule is COc1cccc(CC(=O)NC[C@H](C)N2CCOC[C@H]2C)c1. The van der Waals surface area contributed by atoms with Crippen LogP contribution in [0.4, 0.5) is 0 Å². The fourth-order valence-corrected chi connectivity index (χ4v) is 2.80. The minimum Gasteiger partial charge on any atom is -0.497 e. The predicted molar refractivity (Wildman–Crippen MR) is 86.2 cm³/mol. The minimum atomic E-state index is 0.0426. The number of methoxy groups -OCH3 is 1. The molecule has 1 aromatic rings. The first kappa shape index (κ1) is 16.8. The molecule has 0 saturated carbocycles. The Morgan fingerprint density at radius 2 is 2.36 bits per heavy atom. The zero-order valence-corrected chi connectivity index (χ0v) is 13.7. The van der Waals surface area contributed by atoms with Gasteiger partial charge in [-0.1, -0.05) is 12.1 Å². The summed E-state index contributed by atoms with van der Waals surface area (Å²) in [5.41, 5.74) is 0.962. The number of nitrogens with one attached hydrogen (secondary N) is 1. The molecule has 0 aromatic heterocycles. The maximum Gasteiger partial charge on any atom is 0.224 e. The number of amides is 1. The molecule has 22 heavy (non-hydrogen) atoms. The highest BCUT2D eigenvalue weighted by atomic mass is 16.5. The van der Waals surface area contributed by atoms with Crippen molar-refractivity contribution in [2.45, 2.75) is 32.4 Å². The van der Waals surface area contributed by atoms with Gasteiger partial charge in [0.05, 0.1) is 26.7 Å². The second-order valence-electron chi connectivity index (χ2n) is 5.84. The number of rotatable bonds is 6. The third-order valence-corrected chi connectivity index (χ3v) is 4.08. The summed E-state index contributed by atoms with van der Waals surface area (Å²) in [5.74, 6) is 0.821. The monoisotopic (exact) mass is 306 g/mol. The fraction of sp³-hybridized carbons (Fsp3) is 0.588. The normalized spacial score (nSPS) is 20.4. The molecule has 1 saturated heterocycles. The lowest BCUT2D eigenvalue weighted by Gasteiger charge is -2.37. The Hall–Kier alpha value is -1.59. The van der Waals surface area contributed by atoms with Crippen molar-refractivity contribution in [3.05, 3.63) is 29.8 Å². The number of benzene rings is 1. The molecule has 0 aliphatic carbocycles. The number of hydrogen-bond donors (Lipinski definition) is 1. The van der Waals surface area contributed by atoms with Crippen molar-refractivity contribution in [1.29, 1.82) is 0 Å². The average molecular weight is 306 g/mol. The van der Waals surface area contributed by atoms with E-state index in [-0.39, 0.29) is 5.91 Å². The Bertz CT molecular complexity index is 493. The van der Waals surface area contributed by atoms with E-state index in [1.807, 2.05) is 24.3 Å². The van der Waals surface area contributed by atoms with E-state index in [4.69, 9.17) is 9.47 Å². The largest absolute Gasteiger partial charge is 0.497 e. The van der Waals surface area contributed by atoms with E-state index in [0.29, 0.717) is 25.0 Å². The zero-order valence-electron chi connectivity index (χ0n) is 13.7. The molecule has 1 N–H and O–H groups in total. The molecule has 5 heteroatoms. The van der Waals surface area contributed by atoms with Crippen molar-refractivity contribution in [3.63, 3.8) is 0 Å². The molecule has 0 unspecified atom stereocenters. The van der Waals surface area contributed by atoms with Gasteiger partial charge in [-0.15, -0.1) is 0 Å². The van der Waals surface area contributed by atoms with Crippen LogP contribution in [0.15, 0.2) is 24.3 Å². The van der Waals surface area contributed by atoms with Gasteiger partial charge in [-0.3, -0.25) is 9.69 Å². The van der Waals surface area contributed by atoms with Gasteiger partial charge in [0.1, 0.15) is 5.75 Å². The first-order valence-electron chi connectivity index (χ1n) is 7.83. The summed E-state index contributed by atoms with van der Waals surface area (Å²) in [5, 5.41) is 3.02. The fourth-order valence-electron chi connectivity index (χ4n) is 2.80. The predicted octanol–water partition coefficient (Wildman–Crippen LogP) is 1.46. The Labute approximate surface area is 132 Å². The van der Waals surface area contributed by atoms with Crippen molar-refractivity contribution in [3.8, 4) is 5.75 Å². The number of morpholine rings is 1. The van der Waals surface area contributed by atoms with E-state index in [1.165, 1.54) is 0 Å². The topological polar surface area (TPSA) is 50.8 Å². The molecular weight excluding hydrogens is 280 g/mol. The van der Waals surface area contributed by atoms with Gasteiger partial charge in [-0.25, -0.2) is 0 Å². The molecule has 0 bridgehead atoms. The molecule has 1 heterocycles. The molecule has 1 fully saturated rings. The second kappa shape index (κ2) is 8.15. The van der Waals surface area contributed by atoms with Crippen LogP contribution in [0.2, 0.25) is 0 Å². The lowest BCUT2D eigenvalue weighted by molar-refractivity contribution is -0.120. The Balaban J connectivity index is 1.79. The van der Waals surface area contributed by atoms with E-state index in [2.05, 4.69) is 24.1 Å². The number of ether oxygens (including phenoxy) is 2. The molecule has 2 rings (SSSR count). The number of carbonyl (C=O) groups is 1. The summed E-state index contributed by atoms with van der Waals surface area (Å²) in [6.45, 7) is 7.43. The summed E-state index contributed by atoms with van der Waals surface area (Å²) in [6, 6.07) is 8.33. The van der Waals surface area contributed by atoms with E-state index in [0.717, 1.165) is 31.1 Å². The van der Waals surface area contributed by atoms with E-state index in [1.54, 1.807) is 7.11 Å². The van der Waals surface area contributed by atoms with Gasteiger partial charge < -0.3 is 14.8 Å². The maximum absolute atomic E-state index is 12.1. The lowest BCUT2D eigenvalue weighted by atomic mass is 10.1. The number of carbonyl (C=O) groups excluding carboxylic acids is 1. The smallest absolute Gasteiger partial charge is 0.224 e. The molecule has 2 atom stereocenters. The standard InChI is InChI=1S/C17H26N2O3/c1-13(19-7-8-22-12-14(19)2)11-18-17(20)10-15-5-4-6-16(9-15)21-3/h4-6,9,13-14H,7-8,10-12H2,1-3H3,(H,18,20)/t13-,14+/m0/s1. The summed E-state index contributed by atoms with van der Waals surface area (Å²) in [7, 11) is 1.63. The van der Waals surface area contributed by atoms with Crippen LogP contribution in [-0.2, 0) is 16.0 Å². The van der Waals surface area contributed by atoms with Gasteiger partial charge in [0.2, 0.25) is 5.91 Å². The third kappa shape index (κ3) is 4.71. The van der Waals surface area contributed by atoms with Crippen LogP contribution >= 0.6 is 0 Å². The molecule has 5 nitrogen and oxygen atoms in total. The van der Waals surface area contributed by atoms with Crippen LogP contribution in [0.5, 0.6) is 5.75 Å². The molecule has 1 amide bonds. The Kier molecular flexibility index (Phi) is 6.21. The van der Waals surface area contributed by atoms with Gasteiger partial charge in [-0.2, -0.15) is 0 Å². The first-order valence-corrected chi connectivity index (χ1v) is 7.83. The van der Waals surface area contributed by atoms with Crippen LogP contribution in [0, 0.1) is 0 Å². The van der Waals surface area contributed by atoms with Crippen molar-refractivity contribution in [2.24, 2.45) is 0 Å². The number of nitrogens with zero attached hydrogens (tertiary/aromatic N) is 1. The summed E-state index contributed by atoms with van der Waals surface area (Å²) < 4.78 is 10.6. The minimum absolute atomic E-state index is 0.0426. The highest BCUT2D eigenvalue weighted by Crippen LogP contribution is 2.13. The van der Waals surface area contributed by atoms with Gasteiger partial charge in [0.15, 0.2) is 0 Å². The summed E-state index contributed by atoms with van der Waals surface area (Å²) >= 11 is 0.